The molecule has 0 radical (unpaired) electrons. The molecule has 1 aromatic carbocycles. The number of hydrogen-bond acceptors (Lipinski definition) is 2. The minimum atomic E-state index is -4.45. The zero-order valence-electron chi connectivity index (χ0n) is 6.84. The zero-order chi connectivity index (χ0) is 10.6. The van der Waals surface area contributed by atoms with Gasteiger partial charge in [0.2, 0.25) is 0 Å². The van der Waals surface area contributed by atoms with E-state index in [0.717, 1.165) is 0 Å². The molecular weight excluding hydrogens is 215 g/mol. The first-order valence-electron chi connectivity index (χ1n) is 3.59. The van der Waals surface area contributed by atoms with Crippen molar-refractivity contribution >= 4 is 17.9 Å². The molecule has 0 fully saturated rings. The normalized spacial score (nSPS) is 11.1. The summed E-state index contributed by atoms with van der Waals surface area (Å²) >= 11 is -0.563. The summed E-state index contributed by atoms with van der Waals surface area (Å²) in [5.74, 6) is -0.757. The molecule has 0 saturated heterocycles. The van der Waals surface area contributed by atoms with Gasteiger partial charge in [-0.1, -0.05) is 18.2 Å². The second kappa shape index (κ2) is 4.36. The predicted molar refractivity (Wildman–Crippen MR) is 47.6 cm³/mol. The standard InChI is InChI=1S/C8H6F3NOS/c9-8(10,11)14-12-7(13)6-4-2-1-3-5-6/h1-5H,(H,12,13). The molecule has 14 heavy (non-hydrogen) atoms. The molecule has 0 aliphatic rings. The maximum Gasteiger partial charge on any atom is 0.461 e. The Hall–Kier alpha value is -1.17. The number of alkyl halides is 3. The van der Waals surface area contributed by atoms with E-state index in [4.69, 9.17) is 0 Å². The quantitative estimate of drug-likeness (QED) is 0.777. The third kappa shape index (κ3) is 3.69. The van der Waals surface area contributed by atoms with Crippen LogP contribution in [0.15, 0.2) is 30.3 Å². The van der Waals surface area contributed by atoms with Crippen LogP contribution in [-0.2, 0) is 0 Å². The van der Waals surface area contributed by atoms with Crippen molar-refractivity contribution in [3.63, 3.8) is 0 Å². The van der Waals surface area contributed by atoms with Gasteiger partial charge in [-0.25, -0.2) is 0 Å². The summed E-state index contributed by atoms with van der Waals surface area (Å²) in [5, 5.41) is 0. The molecule has 0 bridgehead atoms. The van der Waals surface area contributed by atoms with Crippen molar-refractivity contribution in [3.8, 4) is 0 Å². The van der Waals surface area contributed by atoms with E-state index in [1.54, 1.807) is 22.9 Å². The van der Waals surface area contributed by atoms with Crippen molar-refractivity contribution in [3.05, 3.63) is 35.9 Å². The van der Waals surface area contributed by atoms with Crippen LogP contribution in [0, 0.1) is 0 Å². The fourth-order valence-corrected chi connectivity index (χ4v) is 1.08. The highest BCUT2D eigenvalue weighted by Gasteiger charge is 2.30. The maximum atomic E-state index is 11.7. The molecule has 0 saturated carbocycles. The van der Waals surface area contributed by atoms with Crippen LogP contribution in [0.4, 0.5) is 13.2 Å². The molecule has 0 spiro atoms. The Balaban J connectivity index is 2.52. The highest BCUT2D eigenvalue weighted by atomic mass is 32.2. The third-order valence-electron chi connectivity index (χ3n) is 1.30. The van der Waals surface area contributed by atoms with E-state index >= 15 is 0 Å². The van der Waals surface area contributed by atoms with E-state index in [0.29, 0.717) is 0 Å². The number of halogens is 3. The summed E-state index contributed by atoms with van der Waals surface area (Å²) in [6.45, 7) is 0. The number of amides is 1. The van der Waals surface area contributed by atoms with Crippen molar-refractivity contribution in [2.45, 2.75) is 5.51 Å². The Morgan fingerprint density at radius 2 is 1.79 bits per heavy atom. The Labute approximate surface area is 82.6 Å². The van der Waals surface area contributed by atoms with E-state index in [9.17, 15) is 18.0 Å². The van der Waals surface area contributed by atoms with E-state index < -0.39 is 23.4 Å². The summed E-state index contributed by atoms with van der Waals surface area (Å²) in [4.78, 5) is 11.1. The SMILES string of the molecule is O=C(NSC(F)(F)F)c1ccccc1. The second-order valence-corrected chi connectivity index (χ2v) is 3.22. The number of carbonyl (C=O) groups excluding carboxylic acids is 1. The molecule has 0 heterocycles. The molecule has 1 aromatic rings. The van der Waals surface area contributed by atoms with E-state index in [2.05, 4.69) is 0 Å². The first-order valence-corrected chi connectivity index (χ1v) is 4.41. The number of hydrogen-bond donors (Lipinski definition) is 1. The summed E-state index contributed by atoms with van der Waals surface area (Å²) in [5.41, 5.74) is -4.26. The lowest BCUT2D eigenvalue weighted by molar-refractivity contribution is -0.0335. The maximum absolute atomic E-state index is 11.7. The molecule has 1 amide bonds. The largest absolute Gasteiger partial charge is 0.461 e. The number of carbonyl (C=O) groups is 1. The van der Waals surface area contributed by atoms with Gasteiger partial charge in [0.05, 0.1) is 11.9 Å². The van der Waals surface area contributed by atoms with Crippen LogP contribution in [0.1, 0.15) is 10.4 Å². The van der Waals surface area contributed by atoms with Gasteiger partial charge in [-0.3, -0.25) is 9.52 Å². The number of benzene rings is 1. The predicted octanol–water partition coefficient (Wildman–Crippen LogP) is 2.58. The Kier molecular flexibility index (Phi) is 3.40. The summed E-state index contributed by atoms with van der Waals surface area (Å²) in [6, 6.07) is 7.70. The average molecular weight is 221 g/mol. The van der Waals surface area contributed by atoms with Crippen LogP contribution in [0.2, 0.25) is 0 Å². The Morgan fingerprint density at radius 3 is 2.29 bits per heavy atom. The Bertz CT molecular complexity index is 312. The van der Waals surface area contributed by atoms with E-state index in [1.807, 2.05) is 0 Å². The summed E-state index contributed by atoms with van der Waals surface area (Å²) in [6.07, 6.45) is 0. The van der Waals surface area contributed by atoms with Crippen LogP contribution in [0.25, 0.3) is 0 Å². The van der Waals surface area contributed by atoms with Gasteiger partial charge in [-0.15, -0.1) is 0 Å². The lowest BCUT2D eigenvalue weighted by atomic mass is 10.2. The first-order chi connectivity index (χ1) is 6.49. The fourth-order valence-electron chi connectivity index (χ4n) is 0.753. The number of nitrogens with one attached hydrogen (secondary N) is 1. The van der Waals surface area contributed by atoms with Crippen molar-refractivity contribution in [2.75, 3.05) is 0 Å². The molecule has 1 rings (SSSR count). The minimum Gasteiger partial charge on any atom is -0.289 e. The van der Waals surface area contributed by atoms with Crippen molar-refractivity contribution in [2.24, 2.45) is 0 Å². The highest BCUT2D eigenvalue weighted by Crippen LogP contribution is 2.27. The lowest BCUT2D eigenvalue weighted by Gasteiger charge is -2.06. The zero-order valence-corrected chi connectivity index (χ0v) is 7.65. The topological polar surface area (TPSA) is 29.1 Å². The Morgan fingerprint density at radius 1 is 1.21 bits per heavy atom. The highest BCUT2D eigenvalue weighted by molar-refractivity contribution is 7.98. The lowest BCUT2D eigenvalue weighted by Crippen LogP contribution is -2.20. The first kappa shape index (κ1) is 10.9. The van der Waals surface area contributed by atoms with Crippen LogP contribution >= 0.6 is 11.9 Å². The molecule has 6 heteroatoms. The smallest absolute Gasteiger partial charge is 0.289 e. The molecule has 0 aliphatic carbocycles. The molecule has 0 aliphatic heterocycles. The summed E-state index contributed by atoms with van der Waals surface area (Å²) < 4.78 is 36.7. The van der Waals surface area contributed by atoms with Gasteiger partial charge in [0.1, 0.15) is 0 Å². The van der Waals surface area contributed by atoms with Crippen molar-refractivity contribution in [1.29, 1.82) is 0 Å². The fraction of sp³-hybridized carbons (Fsp3) is 0.125. The van der Waals surface area contributed by atoms with Gasteiger partial charge in [-0.2, -0.15) is 13.2 Å². The van der Waals surface area contributed by atoms with Gasteiger partial charge in [0.15, 0.2) is 0 Å². The molecular formula is C8H6F3NOS. The second-order valence-electron chi connectivity index (χ2n) is 2.35. The summed E-state index contributed by atoms with van der Waals surface area (Å²) in [7, 11) is 0. The average Bonchev–Trinajstić information content (AvgIpc) is 2.14. The van der Waals surface area contributed by atoms with Gasteiger partial charge in [0.25, 0.3) is 5.91 Å². The van der Waals surface area contributed by atoms with Crippen LogP contribution < -0.4 is 4.72 Å². The molecule has 1 N–H and O–H groups in total. The monoisotopic (exact) mass is 221 g/mol. The molecule has 0 unspecified atom stereocenters. The van der Waals surface area contributed by atoms with Gasteiger partial charge in [0, 0.05) is 5.56 Å². The molecule has 2 nitrogen and oxygen atoms in total. The van der Waals surface area contributed by atoms with Gasteiger partial charge < -0.3 is 0 Å². The van der Waals surface area contributed by atoms with Crippen molar-refractivity contribution < 1.29 is 18.0 Å². The van der Waals surface area contributed by atoms with E-state index in [1.165, 1.54) is 12.1 Å². The number of rotatable bonds is 2. The third-order valence-corrected chi connectivity index (χ3v) is 1.81. The van der Waals surface area contributed by atoms with Gasteiger partial charge in [-0.05, 0) is 12.1 Å². The van der Waals surface area contributed by atoms with Crippen molar-refractivity contribution in [1.82, 2.24) is 4.72 Å². The molecule has 0 aromatic heterocycles. The van der Waals surface area contributed by atoms with E-state index in [-0.39, 0.29) is 5.56 Å². The van der Waals surface area contributed by atoms with Crippen LogP contribution in [-0.4, -0.2) is 11.4 Å². The molecule has 76 valence electrons. The minimum absolute atomic E-state index is 0.198. The van der Waals surface area contributed by atoms with Gasteiger partial charge >= 0.3 is 5.51 Å². The molecule has 0 atom stereocenters. The van der Waals surface area contributed by atoms with Crippen LogP contribution in [0.5, 0.6) is 0 Å². The van der Waals surface area contributed by atoms with Crippen LogP contribution in [0.3, 0.4) is 0 Å².